The quantitative estimate of drug-likeness (QED) is 0.879. The Morgan fingerprint density at radius 2 is 2.08 bits per heavy atom. The average Bonchev–Trinajstić information content (AvgIpc) is 3.05. The highest BCUT2D eigenvalue weighted by Crippen LogP contribution is 2.28. The third-order valence-corrected chi connectivity index (χ3v) is 5.55. The Hall–Kier alpha value is -2.30. The van der Waals surface area contributed by atoms with Crippen molar-refractivity contribution in [1.29, 1.82) is 0 Å². The zero-order chi connectivity index (χ0) is 17.1. The summed E-state index contributed by atoms with van der Waals surface area (Å²) in [7, 11) is 0. The molecule has 5 nitrogen and oxygen atoms in total. The third kappa shape index (κ3) is 3.86. The Bertz CT molecular complexity index is 707. The molecule has 0 bridgehead atoms. The number of nitrogens with zero attached hydrogens (tertiary/aromatic N) is 2. The average molecular weight is 338 g/mol. The van der Waals surface area contributed by atoms with Gasteiger partial charge >= 0.3 is 6.03 Å². The van der Waals surface area contributed by atoms with E-state index in [0.717, 1.165) is 25.8 Å². The topological polar surface area (TPSA) is 61.0 Å². The number of amides is 2. The van der Waals surface area contributed by atoms with Crippen molar-refractivity contribution in [2.24, 2.45) is 5.92 Å². The van der Waals surface area contributed by atoms with Gasteiger partial charge in [0.15, 0.2) is 0 Å². The normalized spacial score (nSPS) is 19.8. The van der Waals surface area contributed by atoms with Crippen LogP contribution in [0.5, 0.6) is 0 Å². The summed E-state index contributed by atoms with van der Waals surface area (Å²) in [5.74, 6) is 0.668. The maximum Gasteiger partial charge on any atom is 0.317 e. The molecule has 25 heavy (non-hydrogen) atoms. The van der Waals surface area contributed by atoms with E-state index in [2.05, 4.69) is 27.6 Å². The van der Waals surface area contributed by atoms with E-state index >= 15 is 0 Å². The lowest BCUT2D eigenvalue weighted by molar-refractivity contribution is 0.160. The van der Waals surface area contributed by atoms with Crippen molar-refractivity contribution in [2.45, 2.75) is 51.1 Å². The standard InChI is InChI=1S/C20H26N4O/c25-20(22-18-9-10-19-17(11-18)12-21-23-19)24(14-16-7-4-8-16)13-15-5-2-1-3-6-15/h1-3,5-6,12,16,18H,4,7-11,13-14H2,(H,21,23)(H,22,25)/t18-/m1/s1. The fourth-order valence-electron chi connectivity index (χ4n) is 3.82. The molecular weight excluding hydrogens is 312 g/mol. The molecule has 4 rings (SSSR count). The van der Waals surface area contributed by atoms with Gasteiger partial charge in [-0.3, -0.25) is 5.10 Å². The molecule has 0 aliphatic heterocycles. The zero-order valence-electron chi connectivity index (χ0n) is 14.6. The van der Waals surface area contributed by atoms with Crippen molar-refractivity contribution < 1.29 is 4.79 Å². The van der Waals surface area contributed by atoms with E-state index in [9.17, 15) is 4.79 Å². The lowest BCUT2D eigenvalue weighted by atomic mass is 9.85. The summed E-state index contributed by atoms with van der Waals surface area (Å²) in [6.45, 7) is 1.55. The van der Waals surface area contributed by atoms with Gasteiger partial charge in [0.05, 0.1) is 6.20 Å². The van der Waals surface area contributed by atoms with Crippen LogP contribution in [0.3, 0.4) is 0 Å². The summed E-state index contributed by atoms with van der Waals surface area (Å²) in [6, 6.07) is 10.6. The molecule has 0 unspecified atom stereocenters. The van der Waals surface area contributed by atoms with Crippen LogP contribution in [0.25, 0.3) is 0 Å². The number of hydrogen-bond acceptors (Lipinski definition) is 2. The highest BCUT2D eigenvalue weighted by Gasteiger charge is 2.27. The summed E-state index contributed by atoms with van der Waals surface area (Å²) in [6.07, 6.45) is 8.51. The van der Waals surface area contributed by atoms with E-state index in [1.54, 1.807) is 0 Å². The van der Waals surface area contributed by atoms with E-state index in [1.165, 1.54) is 36.1 Å². The van der Waals surface area contributed by atoms with Gasteiger partial charge in [0.2, 0.25) is 0 Å². The van der Waals surface area contributed by atoms with Crippen LogP contribution in [0.1, 0.15) is 42.5 Å². The first-order valence-corrected chi connectivity index (χ1v) is 9.38. The molecule has 1 aromatic heterocycles. The summed E-state index contributed by atoms with van der Waals surface area (Å²) >= 11 is 0. The maximum atomic E-state index is 12.9. The first-order valence-electron chi connectivity index (χ1n) is 9.38. The molecule has 1 aromatic carbocycles. The van der Waals surface area contributed by atoms with Crippen molar-refractivity contribution in [3.63, 3.8) is 0 Å². The SMILES string of the molecule is O=C(N[C@@H]1CCc2[nH]ncc2C1)N(Cc1ccccc1)CC1CCC1. The minimum Gasteiger partial charge on any atom is -0.335 e. The van der Waals surface area contributed by atoms with E-state index in [4.69, 9.17) is 0 Å². The molecule has 1 heterocycles. The molecule has 2 aliphatic rings. The van der Waals surface area contributed by atoms with Gasteiger partial charge in [-0.1, -0.05) is 36.8 Å². The van der Waals surface area contributed by atoms with Gasteiger partial charge in [0, 0.05) is 24.8 Å². The zero-order valence-corrected chi connectivity index (χ0v) is 14.6. The van der Waals surface area contributed by atoms with Crippen LogP contribution in [0.15, 0.2) is 36.5 Å². The maximum absolute atomic E-state index is 12.9. The van der Waals surface area contributed by atoms with E-state index < -0.39 is 0 Å². The predicted octanol–water partition coefficient (Wildman–Crippen LogP) is 3.28. The number of carbonyl (C=O) groups excluding carboxylic acids is 1. The number of aryl methyl sites for hydroxylation is 1. The molecule has 0 spiro atoms. The van der Waals surface area contributed by atoms with Crippen molar-refractivity contribution in [1.82, 2.24) is 20.4 Å². The van der Waals surface area contributed by atoms with Crippen molar-refractivity contribution in [3.05, 3.63) is 53.3 Å². The largest absolute Gasteiger partial charge is 0.335 e. The van der Waals surface area contributed by atoms with Gasteiger partial charge in [-0.15, -0.1) is 0 Å². The van der Waals surface area contributed by atoms with Crippen molar-refractivity contribution in [2.75, 3.05) is 6.54 Å². The number of urea groups is 1. The Labute approximate surface area is 148 Å². The summed E-state index contributed by atoms with van der Waals surface area (Å²) < 4.78 is 0. The van der Waals surface area contributed by atoms with E-state index in [0.29, 0.717) is 12.5 Å². The van der Waals surface area contributed by atoms with Crippen LogP contribution in [0, 0.1) is 5.92 Å². The molecule has 1 atom stereocenters. The molecule has 0 saturated heterocycles. The molecule has 2 N–H and O–H groups in total. The van der Waals surface area contributed by atoms with Crippen LogP contribution in [-0.2, 0) is 19.4 Å². The highest BCUT2D eigenvalue weighted by molar-refractivity contribution is 5.74. The molecule has 0 radical (unpaired) electrons. The van der Waals surface area contributed by atoms with Crippen molar-refractivity contribution in [3.8, 4) is 0 Å². The number of aromatic nitrogens is 2. The molecule has 2 aliphatic carbocycles. The van der Waals surface area contributed by atoms with Gasteiger partial charge in [-0.2, -0.15) is 5.10 Å². The lowest BCUT2D eigenvalue weighted by Gasteiger charge is -2.34. The first-order chi connectivity index (χ1) is 12.3. The number of aromatic amines is 1. The summed E-state index contributed by atoms with van der Waals surface area (Å²) in [5.41, 5.74) is 3.66. The summed E-state index contributed by atoms with van der Waals surface area (Å²) in [5, 5.41) is 10.4. The number of nitrogens with one attached hydrogen (secondary N) is 2. The second-order valence-electron chi connectivity index (χ2n) is 7.43. The predicted molar refractivity (Wildman–Crippen MR) is 97.1 cm³/mol. The van der Waals surface area contributed by atoms with E-state index in [-0.39, 0.29) is 12.1 Å². The first kappa shape index (κ1) is 16.2. The monoisotopic (exact) mass is 338 g/mol. The summed E-state index contributed by atoms with van der Waals surface area (Å²) in [4.78, 5) is 14.9. The highest BCUT2D eigenvalue weighted by atomic mass is 16.2. The number of rotatable bonds is 5. The van der Waals surface area contributed by atoms with Gasteiger partial charge in [0.25, 0.3) is 0 Å². The number of H-pyrrole nitrogens is 1. The molecule has 2 amide bonds. The van der Waals surface area contributed by atoms with Crippen LogP contribution >= 0.6 is 0 Å². The Morgan fingerprint density at radius 1 is 1.24 bits per heavy atom. The minimum absolute atomic E-state index is 0.0766. The lowest BCUT2D eigenvalue weighted by Crippen LogP contribution is -2.48. The second-order valence-corrected chi connectivity index (χ2v) is 7.43. The van der Waals surface area contributed by atoms with Crippen LogP contribution in [-0.4, -0.2) is 33.7 Å². The van der Waals surface area contributed by atoms with Crippen LogP contribution in [0.4, 0.5) is 4.79 Å². The number of benzene rings is 1. The minimum atomic E-state index is 0.0766. The van der Waals surface area contributed by atoms with Crippen LogP contribution < -0.4 is 5.32 Å². The van der Waals surface area contributed by atoms with E-state index in [1.807, 2.05) is 29.3 Å². The van der Waals surface area contributed by atoms with Crippen molar-refractivity contribution >= 4 is 6.03 Å². The van der Waals surface area contributed by atoms with Gasteiger partial charge < -0.3 is 10.2 Å². The Kier molecular flexibility index (Phi) is 4.72. The molecule has 1 saturated carbocycles. The third-order valence-electron chi connectivity index (χ3n) is 5.55. The number of fused-ring (bicyclic) bond motifs is 1. The number of hydrogen-bond donors (Lipinski definition) is 2. The second kappa shape index (κ2) is 7.30. The molecule has 5 heteroatoms. The van der Waals surface area contributed by atoms with Gasteiger partial charge in [-0.25, -0.2) is 4.79 Å². The van der Waals surface area contributed by atoms with Crippen LogP contribution in [0.2, 0.25) is 0 Å². The van der Waals surface area contributed by atoms with Gasteiger partial charge in [-0.05, 0) is 49.1 Å². The van der Waals surface area contributed by atoms with Gasteiger partial charge in [0.1, 0.15) is 0 Å². The number of carbonyl (C=O) groups is 1. The molecule has 2 aromatic rings. The molecule has 1 fully saturated rings. The fraction of sp³-hybridized carbons (Fsp3) is 0.500. The Morgan fingerprint density at radius 3 is 2.84 bits per heavy atom. The smallest absolute Gasteiger partial charge is 0.317 e. The fourth-order valence-corrected chi connectivity index (χ4v) is 3.82. The Balaban J connectivity index is 1.40. The molecule has 132 valence electrons. The molecular formula is C20H26N4O.